The van der Waals surface area contributed by atoms with Gasteiger partial charge in [-0.05, 0) is 25.0 Å². The summed E-state index contributed by atoms with van der Waals surface area (Å²) in [5, 5.41) is 0. The van der Waals surface area contributed by atoms with Crippen molar-refractivity contribution in [1.82, 2.24) is 0 Å². The monoisotopic (exact) mass is 211 g/mol. The van der Waals surface area contributed by atoms with Crippen LogP contribution in [0.3, 0.4) is 0 Å². The summed E-state index contributed by atoms with van der Waals surface area (Å²) in [5.74, 6) is 1.05. The molecule has 0 saturated carbocycles. The van der Waals surface area contributed by atoms with Crippen molar-refractivity contribution in [2.75, 3.05) is 33.4 Å². The Morgan fingerprint density at radius 1 is 0.917 bits per heavy atom. The second kappa shape index (κ2) is 8.21. The van der Waals surface area contributed by atoms with Crippen LogP contribution in [0.15, 0.2) is 0 Å². The minimum Gasteiger partial charge on any atom is -1.00 e. The Balaban J connectivity index is 0. The summed E-state index contributed by atoms with van der Waals surface area (Å²) in [6.45, 7) is 1.30. The molecule has 0 rings (SSSR count). The van der Waals surface area contributed by atoms with Gasteiger partial charge in [0.05, 0.1) is 27.7 Å². The van der Waals surface area contributed by atoms with Crippen LogP contribution in [-0.4, -0.2) is 37.9 Å². The molecule has 3 heteroatoms. The normalized spacial score (nSPS) is 11.0. The summed E-state index contributed by atoms with van der Waals surface area (Å²) in [6.07, 6.45) is 5.36. The molecule has 76 valence electrons. The van der Waals surface area contributed by atoms with E-state index in [9.17, 15) is 0 Å². The van der Waals surface area contributed by atoms with Gasteiger partial charge in [0.1, 0.15) is 0 Å². The van der Waals surface area contributed by atoms with Crippen LogP contribution < -0.4 is 12.4 Å². The van der Waals surface area contributed by atoms with Gasteiger partial charge in [-0.15, -0.1) is 0 Å². The second-order valence-corrected chi connectivity index (χ2v) is 4.60. The highest BCUT2D eigenvalue weighted by Gasteiger charge is 2.04. The number of thiol groups is 1. The Bertz CT molecular complexity index is 91.0. The quantitative estimate of drug-likeness (QED) is 0.332. The molecule has 0 aromatic carbocycles. The van der Waals surface area contributed by atoms with E-state index in [-0.39, 0.29) is 12.4 Å². The first-order valence-electron chi connectivity index (χ1n) is 4.47. The zero-order valence-electron chi connectivity index (χ0n) is 8.52. The van der Waals surface area contributed by atoms with Crippen LogP contribution in [0.25, 0.3) is 0 Å². The Labute approximate surface area is 88.9 Å². The van der Waals surface area contributed by atoms with Crippen LogP contribution in [-0.2, 0) is 0 Å². The highest BCUT2D eigenvalue weighted by molar-refractivity contribution is 7.80. The fourth-order valence-electron chi connectivity index (χ4n) is 1.05. The zero-order chi connectivity index (χ0) is 8.74. The van der Waals surface area contributed by atoms with Crippen molar-refractivity contribution in [2.24, 2.45) is 0 Å². The van der Waals surface area contributed by atoms with Crippen molar-refractivity contribution in [3.05, 3.63) is 0 Å². The smallest absolute Gasteiger partial charge is 0.0780 e. The molecule has 0 bridgehead atoms. The molecule has 1 nitrogen and oxygen atoms in total. The number of quaternary nitrogens is 1. The van der Waals surface area contributed by atoms with Crippen LogP contribution >= 0.6 is 12.6 Å². The third-order valence-corrected chi connectivity index (χ3v) is 2.05. The second-order valence-electron chi connectivity index (χ2n) is 4.15. The van der Waals surface area contributed by atoms with E-state index in [2.05, 4.69) is 33.8 Å². The molecule has 0 atom stereocenters. The minimum atomic E-state index is 0. The van der Waals surface area contributed by atoms with Crippen LogP contribution in [0.5, 0.6) is 0 Å². The van der Waals surface area contributed by atoms with Gasteiger partial charge in [0.2, 0.25) is 0 Å². The van der Waals surface area contributed by atoms with Crippen molar-refractivity contribution in [3.63, 3.8) is 0 Å². The van der Waals surface area contributed by atoms with E-state index in [1.807, 2.05) is 0 Å². The maximum absolute atomic E-state index is 4.18. The van der Waals surface area contributed by atoms with Gasteiger partial charge in [0.15, 0.2) is 0 Å². The largest absolute Gasteiger partial charge is 1.00 e. The number of halogens is 1. The van der Waals surface area contributed by atoms with Gasteiger partial charge in [0.25, 0.3) is 0 Å². The molecule has 0 amide bonds. The first-order valence-corrected chi connectivity index (χ1v) is 5.11. The van der Waals surface area contributed by atoms with Gasteiger partial charge in [-0.2, -0.15) is 12.6 Å². The number of nitrogens with zero attached hydrogens (tertiary/aromatic N) is 1. The summed E-state index contributed by atoms with van der Waals surface area (Å²) in [4.78, 5) is 0. The van der Waals surface area contributed by atoms with Crippen LogP contribution in [0.2, 0.25) is 0 Å². The molecule has 0 aromatic heterocycles. The molecule has 12 heavy (non-hydrogen) atoms. The lowest BCUT2D eigenvalue weighted by atomic mass is 10.2. The Hall–Kier alpha value is 0.600. The summed E-state index contributed by atoms with van der Waals surface area (Å²) in [6, 6.07) is 0. The summed E-state index contributed by atoms with van der Waals surface area (Å²) in [5.41, 5.74) is 0. The van der Waals surface area contributed by atoms with E-state index >= 15 is 0 Å². The standard InChI is InChI=1S/C9H21NS.ClH/c1-10(2,3)8-6-4-5-7-9-11;/h4-9H2,1-3H3;1H. The van der Waals surface area contributed by atoms with Crippen molar-refractivity contribution < 1.29 is 16.9 Å². The molecule has 0 aliphatic rings. The van der Waals surface area contributed by atoms with Crippen molar-refractivity contribution >= 4 is 12.6 Å². The number of hydrogen-bond acceptors (Lipinski definition) is 1. The van der Waals surface area contributed by atoms with Crippen molar-refractivity contribution in [1.29, 1.82) is 0 Å². The lowest BCUT2D eigenvalue weighted by molar-refractivity contribution is -0.870. The Morgan fingerprint density at radius 2 is 1.42 bits per heavy atom. The molecule has 0 aliphatic carbocycles. The maximum atomic E-state index is 4.18. The fraction of sp³-hybridized carbons (Fsp3) is 1.00. The average molecular weight is 212 g/mol. The zero-order valence-corrected chi connectivity index (χ0v) is 10.2. The lowest BCUT2D eigenvalue weighted by Crippen LogP contribution is -3.00. The predicted octanol–water partition coefficient (Wildman–Crippen LogP) is -0.813. The highest BCUT2D eigenvalue weighted by Crippen LogP contribution is 2.03. The van der Waals surface area contributed by atoms with E-state index in [1.54, 1.807) is 0 Å². The van der Waals surface area contributed by atoms with Gasteiger partial charge in [-0.3, -0.25) is 0 Å². The summed E-state index contributed by atoms with van der Waals surface area (Å²) in [7, 11) is 6.75. The molecule has 0 spiro atoms. The molecule has 0 unspecified atom stereocenters. The van der Waals surface area contributed by atoms with E-state index in [1.165, 1.54) is 32.2 Å². The van der Waals surface area contributed by atoms with Gasteiger partial charge in [-0.25, -0.2) is 0 Å². The Kier molecular flexibility index (Phi) is 10.3. The molecule has 0 aliphatic heterocycles. The molecule has 0 fully saturated rings. The third kappa shape index (κ3) is 13.2. The van der Waals surface area contributed by atoms with E-state index in [0.717, 1.165) is 10.2 Å². The van der Waals surface area contributed by atoms with E-state index < -0.39 is 0 Å². The minimum absolute atomic E-state index is 0. The average Bonchev–Trinajstić information content (AvgIpc) is 1.85. The lowest BCUT2D eigenvalue weighted by Gasteiger charge is -2.23. The molecule has 0 radical (unpaired) electrons. The molecule has 0 heterocycles. The van der Waals surface area contributed by atoms with Gasteiger partial charge >= 0.3 is 0 Å². The molecular formula is C9H22ClNS. The first-order chi connectivity index (χ1) is 5.06. The van der Waals surface area contributed by atoms with E-state index in [0.29, 0.717) is 0 Å². The van der Waals surface area contributed by atoms with Gasteiger partial charge in [-0.1, -0.05) is 6.42 Å². The van der Waals surface area contributed by atoms with Crippen LogP contribution in [0.1, 0.15) is 25.7 Å². The van der Waals surface area contributed by atoms with Crippen LogP contribution in [0.4, 0.5) is 0 Å². The topological polar surface area (TPSA) is 0 Å². The van der Waals surface area contributed by atoms with E-state index in [4.69, 9.17) is 0 Å². The molecular weight excluding hydrogens is 190 g/mol. The highest BCUT2D eigenvalue weighted by atomic mass is 35.5. The first kappa shape index (κ1) is 15.1. The molecule has 0 saturated heterocycles. The van der Waals surface area contributed by atoms with Gasteiger partial charge < -0.3 is 16.9 Å². The number of unbranched alkanes of at least 4 members (excludes halogenated alkanes) is 3. The van der Waals surface area contributed by atoms with Crippen molar-refractivity contribution in [3.8, 4) is 0 Å². The van der Waals surface area contributed by atoms with Crippen molar-refractivity contribution in [2.45, 2.75) is 25.7 Å². The predicted molar refractivity (Wildman–Crippen MR) is 55.2 cm³/mol. The fourth-order valence-corrected chi connectivity index (χ4v) is 1.28. The summed E-state index contributed by atoms with van der Waals surface area (Å²) >= 11 is 4.18. The molecule has 0 N–H and O–H groups in total. The number of hydrogen-bond donors (Lipinski definition) is 1. The third-order valence-electron chi connectivity index (χ3n) is 1.74. The SMILES string of the molecule is C[N+](C)(C)CCCCCCS.[Cl-]. The number of rotatable bonds is 6. The molecule has 0 aromatic rings. The Morgan fingerprint density at radius 3 is 1.83 bits per heavy atom. The van der Waals surface area contributed by atoms with Gasteiger partial charge in [0, 0.05) is 0 Å². The summed E-state index contributed by atoms with van der Waals surface area (Å²) < 4.78 is 1.10. The maximum Gasteiger partial charge on any atom is 0.0780 e. The van der Waals surface area contributed by atoms with Crippen LogP contribution in [0, 0.1) is 0 Å².